The standard InChI is InChI=1S/C38H46N8O8S2/c1-23(47)39-33-43-29(21-55-33)31(49)41-27-15-11-25(12-16-27)9-7-19-37(3,4)53-35(51)45-46-36(52)54-38(5,6)20-8-10-26-13-17-28(18-14-26)42-32(50)30-22-56-34(44-30)40-24(2)48/h11-18,21-22H,7-10,19-20H2,1-6H3,(H,41,49)(H,42,50)(H,45,51)(H,46,52)(H,39,43,47)(H,40,44,48). The van der Waals surface area contributed by atoms with E-state index in [1.165, 1.54) is 36.5 Å². The quantitative estimate of drug-likeness (QED) is 0.0621. The fourth-order valence-electron chi connectivity index (χ4n) is 5.27. The fraction of sp³-hybridized carbons (Fsp3) is 0.368. The summed E-state index contributed by atoms with van der Waals surface area (Å²) in [7, 11) is 0. The molecule has 16 nitrogen and oxygen atoms in total. The number of aryl methyl sites for hydroxylation is 2. The first-order valence-electron chi connectivity index (χ1n) is 17.7. The lowest BCUT2D eigenvalue weighted by Gasteiger charge is -2.27. The average Bonchev–Trinajstić information content (AvgIpc) is 3.78. The number of hydrazine groups is 1. The molecule has 0 atom stereocenters. The summed E-state index contributed by atoms with van der Waals surface area (Å²) in [5.41, 5.74) is 6.51. The van der Waals surface area contributed by atoms with Crippen LogP contribution in [-0.2, 0) is 31.9 Å². The number of carbonyl (C=O) groups excluding carboxylic acids is 6. The van der Waals surface area contributed by atoms with Crippen LogP contribution in [-0.4, -0.2) is 57.0 Å². The molecule has 0 saturated carbocycles. The molecule has 6 amide bonds. The summed E-state index contributed by atoms with van der Waals surface area (Å²) in [6, 6.07) is 14.8. The van der Waals surface area contributed by atoms with Crippen LogP contribution in [0.15, 0.2) is 59.3 Å². The van der Waals surface area contributed by atoms with Gasteiger partial charge in [-0.25, -0.2) is 30.4 Å². The van der Waals surface area contributed by atoms with Crippen molar-refractivity contribution in [3.05, 3.63) is 81.8 Å². The first-order valence-corrected chi connectivity index (χ1v) is 19.5. The smallest absolute Gasteiger partial charge is 0.426 e. The Hall–Kier alpha value is -5.88. The molecule has 0 spiro atoms. The number of amides is 6. The molecule has 2 heterocycles. The minimum Gasteiger partial charge on any atom is -0.442 e. The lowest BCUT2D eigenvalue weighted by Crippen LogP contribution is -2.47. The monoisotopic (exact) mass is 806 g/mol. The van der Waals surface area contributed by atoms with Crippen molar-refractivity contribution in [3.63, 3.8) is 0 Å². The van der Waals surface area contributed by atoms with Gasteiger partial charge in [-0.05, 0) is 102 Å². The molecule has 0 aliphatic carbocycles. The van der Waals surface area contributed by atoms with Crippen molar-refractivity contribution in [1.29, 1.82) is 0 Å². The van der Waals surface area contributed by atoms with Crippen molar-refractivity contribution in [3.8, 4) is 0 Å². The molecule has 0 radical (unpaired) electrons. The highest BCUT2D eigenvalue weighted by atomic mass is 32.1. The highest BCUT2D eigenvalue weighted by molar-refractivity contribution is 7.14. The van der Waals surface area contributed by atoms with Gasteiger partial charge in [0.2, 0.25) is 11.8 Å². The molecule has 298 valence electrons. The Labute approximate surface area is 332 Å². The molecular formula is C38H46N8O8S2. The molecule has 0 fully saturated rings. The lowest BCUT2D eigenvalue weighted by molar-refractivity contribution is -0.115. The van der Waals surface area contributed by atoms with Gasteiger partial charge in [0, 0.05) is 36.0 Å². The van der Waals surface area contributed by atoms with Crippen LogP contribution >= 0.6 is 22.7 Å². The van der Waals surface area contributed by atoms with Gasteiger partial charge in [0.05, 0.1) is 0 Å². The minimum absolute atomic E-state index is 0.206. The van der Waals surface area contributed by atoms with Crippen LogP contribution in [0.4, 0.5) is 31.2 Å². The van der Waals surface area contributed by atoms with Gasteiger partial charge in [0.1, 0.15) is 22.6 Å². The second-order valence-corrected chi connectivity index (χ2v) is 15.7. The maximum atomic E-state index is 12.5. The number of ether oxygens (including phenoxy) is 2. The van der Waals surface area contributed by atoms with Crippen molar-refractivity contribution in [1.82, 2.24) is 20.8 Å². The van der Waals surface area contributed by atoms with Crippen molar-refractivity contribution in [2.75, 3.05) is 21.3 Å². The lowest BCUT2D eigenvalue weighted by atomic mass is 9.98. The molecule has 6 N–H and O–H groups in total. The molecule has 4 rings (SSSR count). The molecular weight excluding hydrogens is 761 g/mol. The van der Waals surface area contributed by atoms with Crippen LogP contribution < -0.4 is 32.1 Å². The highest BCUT2D eigenvalue weighted by Gasteiger charge is 2.25. The fourth-order valence-corrected chi connectivity index (χ4v) is 6.74. The van der Waals surface area contributed by atoms with Crippen LogP contribution in [0.3, 0.4) is 0 Å². The molecule has 2 aromatic carbocycles. The highest BCUT2D eigenvalue weighted by Crippen LogP contribution is 2.23. The Kier molecular flexibility index (Phi) is 15.0. The topological polar surface area (TPSA) is 219 Å². The van der Waals surface area contributed by atoms with Gasteiger partial charge in [-0.2, -0.15) is 0 Å². The molecule has 56 heavy (non-hydrogen) atoms. The van der Waals surface area contributed by atoms with Crippen molar-refractivity contribution in [2.45, 2.75) is 91.3 Å². The Morgan fingerprint density at radius 3 is 1.27 bits per heavy atom. The maximum Gasteiger partial charge on any atom is 0.426 e. The number of hydrogen-bond donors (Lipinski definition) is 6. The zero-order chi connectivity index (χ0) is 40.9. The first-order chi connectivity index (χ1) is 26.4. The number of benzene rings is 2. The van der Waals surface area contributed by atoms with Gasteiger partial charge < -0.3 is 30.7 Å². The normalized spacial score (nSPS) is 11.2. The third-order valence-electron chi connectivity index (χ3n) is 7.96. The van der Waals surface area contributed by atoms with Crippen molar-refractivity contribution >= 4 is 80.1 Å². The first kappa shape index (κ1) is 42.9. The summed E-state index contributed by atoms with van der Waals surface area (Å²) in [6.07, 6.45) is 2.26. The van der Waals surface area contributed by atoms with E-state index in [1.54, 1.807) is 62.7 Å². The third kappa shape index (κ3) is 14.7. The molecule has 4 aromatic rings. The molecule has 0 saturated heterocycles. The van der Waals surface area contributed by atoms with Gasteiger partial charge in [0.25, 0.3) is 11.8 Å². The number of rotatable bonds is 16. The predicted octanol–water partition coefficient (Wildman–Crippen LogP) is 7.29. The summed E-state index contributed by atoms with van der Waals surface area (Å²) >= 11 is 2.33. The summed E-state index contributed by atoms with van der Waals surface area (Å²) in [5, 5.41) is 14.5. The van der Waals surface area contributed by atoms with Gasteiger partial charge in [-0.1, -0.05) is 24.3 Å². The molecule has 0 unspecified atom stereocenters. The summed E-state index contributed by atoms with van der Waals surface area (Å²) in [6.45, 7) is 9.85. The average molecular weight is 807 g/mol. The zero-order valence-corrected chi connectivity index (χ0v) is 33.6. The van der Waals surface area contributed by atoms with E-state index in [0.717, 1.165) is 11.1 Å². The number of nitrogens with zero attached hydrogens (tertiary/aromatic N) is 2. The van der Waals surface area contributed by atoms with E-state index in [9.17, 15) is 28.8 Å². The summed E-state index contributed by atoms with van der Waals surface area (Å²) < 4.78 is 11.1. The number of aromatic nitrogens is 2. The van der Waals surface area contributed by atoms with E-state index in [-0.39, 0.29) is 35.0 Å². The maximum absolute atomic E-state index is 12.5. The number of thiazole rings is 2. The van der Waals surface area contributed by atoms with Crippen LogP contribution in [0.5, 0.6) is 0 Å². The van der Waals surface area contributed by atoms with Gasteiger partial charge in [-0.15, -0.1) is 22.7 Å². The van der Waals surface area contributed by atoms with Crippen LogP contribution in [0.1, 0.15) is 99.3 Å². The number of carbonyl (C=O) groups is 6. The van der Waals surface area contributed by atoms with E-state index < -0.39 is 23.4 Å². The SMILES string of the molecule is CC(=O)Nc1nc(C(=O)Nc2ccc(CCCC(C)(C)OC(=O)NNC(=O)OC(C)(C)CCCc3ccc(NC(=O)c4csc(NC(C)=O)n4)cc3)cc2)cs1. The summed E-state index contributed by atoms with van der Waals surface area (Å²) in [5.74, 6) is -1.29. The van der Waals surface area contributed by atoms with E-state index >= 15 is 0 Å². The molecule has 0 aliphatic heterocycles. The summed E-state index contributed by atoms with van der Waals surface area (Å²) in [4.78, 5) is 80.5. The second kappa shape index (κ2) is 19.6. The Morgan fingerprint density at radius 2 is 0.929 bits per heavy atom. The third-order valence-corrected chi connectivity index (χ3v) is 9.47. The van der Waals surface area contributed by atoms with Crippen LogP contribution in [0, 0.1) is 0 Å². The minimum atomic E-state index is -0.824. The molecule has 18 heteroatoms. The van der Waals surface area contributed by atoms with E-state index in [4.69, 9.17) is 9.47 Å². The number of nitrogens with one attached hydrogen (secondary N) is 6. The molecule has 0 bridgehead atoms. The number of hydrogen-bond acceptors (Lipinski definition) is 12. The van der Waals surface area contributed by atoms with Gasteiger partial charge in [-0.3, -0.25) is 19.2 Å². The van der Waals surface area contributed by atoms with Crippen molar-refractivity contribution in [2.24, 2.45) is 0 Å². The molecule has 0 aliphatic rings. The van der Waals surface area contributed by atoms with Crippen molar-refractivity contribution < 1.29 is 38.2 Å². The van der Waals surface area contributed by atoms with Gasteiger partial charge in [0.15, 0.2) is 10.3 Å². The Morgan fingerprint density at radius 1 is 0.571 bits per heavy atom. The van der Waals surface area contributed by atoms with Crippen LogP contribution in [0.2, 0.25) is 0 Å². The van der Waals surface area contributed by atoms with Crippen LogP contribution in [0.25, 0.3) is 0 Å². The van der Waals surface area contributed by atoms with E-state index in [1.807, 2.05) is 24.3 Å². The number of anilines is 4. The Balaban J connectivity index is 1.09. The van der Waals surface area contributed by atoms with E-state index in [0.29, 0.717) is 60.2 Å². The largest absolute Gasteiger partial charge is 0.442 e. The predicted molar refractivity (Wildman–Crippen MR) is 215 cm³/mol. The Bertz CT molecular complexity index is 1870. The second-order valence-electron chi connectivity index (χ2n) is 14.0. The van der Waals surface area contributed by atoms with E-state index in [2.05, 4.69) is 42.1 Å². The zero-order valence-electron chi connectivity index (χ0n) is 32.0. The molecule has 2 aromatic heterocycles. The van der Waals surface area contributed by atoms with Gasteiger partial charge >= 0.3 is 12.2 Å².